The third-order valence-electron chi connectivity index (χ3n) is 5.61. The number of hydrogen-bond acceptors (Lipinski definition) is 4. The predicted octanol–water partition coefficient (Wildman–Crippen LogP) is 5.94. The van der Waals surface area contributed by atoms with Crippen LogP contribution in [0.25, 0.3) is 33.0 Å². The van der Waals surface area contributed by atoms with Gasteiger partial charge in [-0.25, -0.2) is 4.98 Å². The Labute approximate surface area is 172 Å². The fraction of sp³-hybridized carbons (Fsp3) is 0.120. The molecule has 30 heavy (non-hydrogen) atoms. The van der Waals surface area contributed by atoms with Crippen LogP contribution in [0.3, 0.4) is 0 Å². The number of nitrogens with zero attached hydrogens (tertiary/aromatic N) is 2. The van der Waals surface area contributed by atoms with E-state index >= 15 is 0 Å². The van der Waals surface area contributed by atoms with Crippen molar-refractivity contribution >= 4 is 33.0 Å². The van der Waals surface area contributed by atoms with Crippen LogP contribution in [0, 0.1) is 6.92 Å². The van der Waals surface area contributed by atoms with Crippen LogP contribution >= 0.6 is 0 Å². The summed E-state index contributed by atoms with van der Waals surface area (Å²) in [7, 11) is 0. The lowest BCUT2D eigenvalue weighted by molar-refractivity contribution is 0.544. The summed E-state index contributed by atoms with van der Waals surface area (Å²) >= 11 is 0. The molecule has 5 nitrogen and oxygen atoms in total. The van der Waals surface area contributed by atoms with E-state index in [4.69, 9.17) is 8.83 Å². The summed E-state index contributed by atoms with van der Waals surface area (Å²) in [6, 6.07) is 20.5. The van der Waals surface area contributed by atoms with Crippen LogP contribution < -0.4 is 0 Å². The fourth-order valence-electron chi connectivity index (χ4n) is 4.04. The second-order valence-corrected chi connectivity index (χ2v) is 7.73. The van der Waals surface area contributed by atoms with Gasteiger partial charge in [-0.1, -0.05) is 30.3 Å². The molecule has 0 aliphatic rings. The number of oxazole rings is 1. The zero-order chi connectivity index (χ0) is 20.1. The number of H-pyrrole nitrogens is 1. The Kier molecular flexibility index (Phi) is 3.74. The highest BCUT2D eigenvalue weighted by Gasteiger charge is 2.11. The molecule has 0 saturated carbocycles. The van der Waals surface area contributed by atoms with Crippen molar-refractivity contribution in [2.45, 2.75) is 19.8 Å². The zero-order valence-corrected chi connectivity index (χ0v) is 16.5. The number of nitrogens with one attached hydrogen (secondary N) is 1. The summed E-state index contributed by atoms with van der Waals surface area (Å²) in [5.74, 6) is 0.722. The van der Waals surface area contributed by atoms with Crippen LogP contribution in [-0.4, -0.2) is 15.2 Å². The summed E-state index contributed by atoms with van der Waals surface area (Å²) in [6.45, 7) is 2.06. The highest BCUT2D eigenvalue weighted by atomic mass is 16.3. The lowest BCUT2D eigenvalue weighted by atomic mass is 10.0. The molecule has 1 N–H and O–H groups in total. The Morgan fingerprint density at radius 1 is 0.833 bits per heavy atom. The van der Waals surface area contributed by atoms with Crippen molar-refractivity contribution in [1.82, 2.24) is 15.2 Å². The normalized spacial score (nSPS) is 11.8. The van der Waals surface area contributed by atoms with E-state index in [2.05, 4.69) is 52.4 Å². The fourth-order valence-corrected chi connectivity index (χ4v) is 4.04. The van der Waals surface area contributed by atoms with Crippen molar-refractivity contribution in [3.63, 3.8) is 0 Å². The molecule has 0 bridgehead atoms. The average molecular weight is 393 g/mol. The first-order valence-electron chi connectivity index (χ1n) is 10.00. The van der Waals surface area contributed by atoms with Crippen LogP contribution in [0.2, 0.25) is 0 Å². The number of benzene rings is 3. The minimum atomic E-state index is 0.646. The molecule has 0 atom stereocenters. The maximum absolute atomic E-state index is 5.89. The van der Waals surface area contributed by atoms with Gasteiger partial charge in [-0.2, -0.15) is 5.10 Å². The molecule has 0 saturated heterocycles. The highest BCUT2D eigenvalue weighted by Crippen LogP contribution is 2.26. The smallest absolute Gasteiger partial charge is 0.199 e. The highest BCUT2D eigenvalue weighted by molar-refractivity contribution is 5.84. The van der Waals surface area contributed by atoms with Gasteiger partial charge in [0.2, 0.25) is 0 Å². The molecule has 0 spiro atoms. The van der Waals surface area contributed by atoms with Crippen LogP contribution in [0.1, 0.15) is 28.3 Å². The van der Waals surface area contributed by atoms with E-state index in [9.17, 15) is 0 Å². The molecule has 3 aromatic carbocycles. The lowest BCUT2D eigenvalue weighted by Crippen LogP contribution is -1.91. The molecule has 0 aliphatic heterocycles. The molecular weight excluding hydrogens is 374 g/mol. The molecule has 3 heterocycles. The Balaban J connectivity index is 1.32. The van der Waals surface area contributed by atoms with Gasteiger partial charge in [0.1, 0.15) is 11.1 Å². The minimum absolute atomic E-state index is 0.646. The predicted molar refractivity (Wildman–Crippen MR) is 117 cm³/mol. The number of fused-ring (bicyclic) bond motifs is 3. The molecule has 0 amide bonds. The standard InChI is InChI=1S/C25H19N3O2/c1-15-14-29-24-12-17(6-8-18(15)24)11-22-19-10-16(7-9-20(19)27-28-22)13-25-26-21-4-2-3-5-23(21)30-25/h2-10,12,14H,11,13H2,1H3,(H,27,28). The molecule has 6 aromatic rings. The monoisotopic (exact) mass is 393 g/mol. The molecule has 0 aliphatic carbocycles. The van der Waals surface area contributed by atoms with Crippen molar-refractivity contribution in [2.75, 3.05) is 0 Å². The van der Waals surface area contributed by atoms with Crippen LogP contribution in [0.4, 0.5) is 0 Å². The van der Waals surface area contributed by atoms with Crippen molar-refractivity contribution in [2.24, 2.45) is 0 Å². The number of furan rings is 1. The van der Waals surface area contributed by atoms with Crippen molar-refractivity contribution in [1.29, 1.82) is 0 Å². The third kappa shape index (κ3) is 2.87. The third-order valence-corrected chi connectivity index (χ3v) is 5.61. The Morgan fingerprint density at radius 3 is 2.63 bits per heavy atom. The van der Waals surface area contributed by atoms with Crippen molar-refractivity contribution in [3.8, 4) is 0 Å². The van der Waals surface area contributed by atoms with E-state index in [1.165, 1.54) is 5.56 Å². The van der Waals surface area contributed by atoms with Crippen LogP contribution in [0.5, 0.6) is 0 Å². The van der Waals surface area contributed by atoms with Gasteiger partial charge in [-0.05, 0) is 53.9 Å². The first-order chi connectivity index (χ1) is 14.7. The molecule has 3 aromatic heterocycles. The van der Waals surface area contributed by atoms with Gasteiger partial charge in [0, 0.05) is 29.3 Å². The van der Waals surface area contributed by atoms with Gasteiger partial charge in [0.25, 0.3) is 0 Å². The summed E-state index contributed by atoms with van der Waals surface area (Å²) < 4.78 is 11.6. The summed E-state index contributed by atoms with van der Waals surface area (Å²) in [5, 5.41) is 9.97. The molecule has 0 unspecified atom stereocenters. The maximum Gasteiger partial charge on any atom is 0.199 e. The number of aromatic nitrogens is 3. The summed E-state index contributed by atoms with van der Waals surface area (Å²) in [6.07, 6.45) is 3.21. The maximum atomic E-state index is 5.89. The van der Waals surface area contributed by atoms with Gasteiger partial charge < -0.3 is 8.83 Å². The summed E-state index contributed by atoms with van der Waals surface area (Å²) in [5.41, 5.74) is 8.17. The van der Waals surface area contributed by atoms with E-state index in [-0.39, 0.29) is 0 Å². The largest absolute Gasteiger partial charge is 0.464 e. The Bertz CT molecular complexity index is 1490. The van der Waals surface area contributed by atoms with Crippen molar-refractivity contribution in [3.05, 3.63) is 95.2 Å². The minimum Gasteiger partial charge on any atom is -0.464 e. The van der Waals surface area contributed by atoms with Gasteiger partial charge in [-0.15, -0.1) is 0 Å². The SMILES string of the molecule is Cc1coc2cc(Cc3[nH]nc4ccc(Cc5nc6ccccc6o5)cc34)ccc12. The first kappa shape index (κ1) is 17.0. The number of aryl methyl sites for hydroxylation is 1. The van der Waals surface area contributed by atoms with E-state index in [1.807, 2.05) is 30.3 Å². The van der Waals surface area contributed by atoms with Gasteiger partial charge >= 0.3 is 0 Å². The first-order valence-corrected chi connectivity index (χ1v) is 10.00. The van der Waals surface area contributed by atoms with Gasteiger partial charge in [0.05, 0.1) is 11.8 Å². The molecule has 146 valence electrons. The van der Waals surface area contributed by atoms with E-state index in [0.29, 0.717) is 6.42 Å². The van der Waals surface area contributed by atoms with E-state index in [0.717, 1.165) is 62.1 Å². The number of hydrogen-bond donors (Lipinski definition) is 1. The summed E-state index contributed by atoms with van der Waals surface area (Å²) in [4.78, 5) is 4.60. The van der Waals surface area contributed by atoms with Gasteiger partial charge in [0.15, 0.2) is 11.5 Å². The number of rotatable bonds is 4. The second-order valence-electron chi connectivity index (χ2n) is 7.73. The lowest BCUT2D eigenvalue weighted by Gasteiger charge is -2.02. The molecular formula is C25H19N3O2. The molecule has 0 radical (unpaired) electrons. The van der Waals surface area contributed by atoms with Gasteiger partial charge in [-0.3, -0.25) is 5.10 Å². The topological polar surface area (TPSA) is 67.8 Å². The quantitative estimate of drug-likeness (QED) is 0.402. The molecule has 0 fully saturated rings. The Hall–Kier alpha value is -3.86. The van der Waals surface area contributed by atoms with E-state index < -0.39 is 0 Å². The number of para-hydroxylation sites is 2. The van der Waals surface area contributed by atoms with Crippen LogP contribution in [-0.2, 0) is 12.8 Å². The van der Waals surface area contributed by atoms with Crippen molar-refractivity contribution < 1.29 is 8.83 Å². The average Bonchev–Trinajstić information content (AvgIpc) is 3.45. The molecule has 6 rings (SSSR count). The second kappa shape index (κ2) is 6.59. The van der Waals surface area contributed by atoms with E-state index in [1.54, 1.807) is 6.26 Å². The number of aromatic amines is 1. The van der Waals surface area contributed by atoms with Crippen LogP contribution in [0.15, 0.2) is 75.8 Å². The Morgan fingerprint density at radius 2 is 1.70 bits per heavy atom. The molecule has 5 heteroatoms. The zero-order valence-electron chi connectivity index (χ0n) is 16.5.